The predicted molar refractivity (Wildman–Crippen MR) is 101 cm³/mol. The average Bonchev–Trinajstić information content (AvgIpc) is 2.97. The van der Waals surface area contributed by atoms with Crippen LogP contribution in [0.4, 0.5) is 0 Å². The highest BCUT2D eigenvalue weighted by molar-refractivity contribution is 14.1. The molecule has 0 saturated carbocycles. The summed E-state index contributed by atoms with van der Waals surface area (Å²) in [5.41, 5.74) is 0.621. The Morgan fingerprint density at radius 2 is 2.28 bits per heavy atom. The van der Waals surface area contributed by atoms with Crippen LogP contribution in [0.15, 0.2) is 26.7 Å². The van der Waals surface area contributed by atoms with E-state index in [-0.39, 0.29) is 16.7 Å². The van der Waals surface area contributed by atoms with E-state index in [1.807, 2.05) is 0 Å². The highest BCUT2D eigenvalue weighted by Crippen LogP contribution is 2.36. The molecule has 2 aromatic rings. The van der Waals surface area contributed by atoms with Crippen molar-refractivity contribution in [3.63, 3.8) is 0 Å². The van der Waals surface area contributed by atoms with E-state index in [9.17, 15) is 9.90 Å². The first-order valence-electron chi connectivity index (χ1n) is 6.81. The summed E-state index contributed by atoms with van der Waals surface area (Å²) < 4.78 is 16.7. The molecule has 0 bridgehead atoms. The number of carbonyl (C=O) groups is 1. The van der Waals surface area contributed by atoms with Gasteiger partial charge in [0.2, 0.25) is 5.89 Å². The molecule has 25 heavy (non-hydrogen) atoms. The highest BCUT2D eigenvalue weighted by atomic mass is 127. The van der Waals surface area contributed by atoms with Gasteiger partial charge in [-0.05, 0) is 58.1 Å². The SMILES string of the molecule is C#CCOc1c(I)cc(/C=C(\Sc2nnc(C)o2)C(=O)O)cc1OC. The first-order valence-corrected chi connectivity index (χ1v) is 8.71. The van der Waals surface area contributed by atoms with E-state index in [4.69, 9.17) is 20.3 Å². The fourth-order valence-electron chi connectivity index (χ4n) is 1.78. The Balaban J connectivity index is 2.37. The molecule has 0 fully saturated rings. The van der Waals surface area contributed by atoms with Crippen molar-refractivity contribution in [1.29, 1.82) is 0 Å². The van der Waals surface area contributed by atoms with Crippen molar-refractivity contribution in [2.45, 2.75) is 12.1 Å². The second-order valence-electron chi connectivity index (χ2n) is 4.53. The maximum Gasteiger partial charge on any atom is 0.342 e. The number of hydrogen-bond donors (Lipinski definition) is 1. The van der Waals surface area contributed by atoms with E-state index in [1.165, 1.54) is 13.2 Å². The molecule has 9 heteroatoms. The zero-order valence-corrected chi connectivity index (χ0v) is 16.3. The maximum absolute atomic E-state index is 11.5. The molecule has 7 nitrogen and oxygen atoms in total. The number of aryl methyl sites for hydroxylation is 1. The van der Waals surface area contributed by atoms with E-state index in [0.717, 1.165) is 15.3 Å². The van der Waals surface area contributed by atoms with Gasteiger partial charge in [0.15, 0.2) is 11.5 Å². The topological polar surface area (TPSA) is 94.7 Å². The van der Waals surface area contributed by atoms with Crippen molar-refractivity contribution >= 4 is 46.4 Å². The summed E-state index contributed by atoms with van der Waals surface area (Å²) in [6.45, 7) is 1.73. The van der Waals surface area contributed by atoms with Crippen LogP contribution in [0.1, 0.15) is 11.5 Å². The van der Waals surface area contributed by atoms with E-state index in [1.54, 1.807) is 19.1 Å². The molecule has 1 heterocycles. The van der Waals surface area contributed by atoms with Crippen LogP contribution in [0, 0.1) is 22.8 Å². The molecular formula is C16H13IN2O5S. The number of terminal acetylenes is 1. The Morgan fingerprint density at radius 1 is 1.52 bits per heavy atom. The van der Waals surface area contributed by atoms with Gasteiger partial charge in [0.05, 0.1) is 10.7 Å². The number of aromatic nitrogens is 2. The first kappa shape index (κ1) is 19.1. The third kappa shape index (κ3) is 5.14. The molecule has 0 aliphatic carbocycles. The number of aliphatic carboxylic acids is 1. The first-order chi connectivity index (χ1) is 11.9. The minimum Gasteiger partial charge on any atom is -0.493 e. The number of methoxy groups -OCH3 is 1. The van der Waals surface area contributed by atoms with Gasteiger partial charge in [-0.2, -0.15) is 0 Å². The summed E-state index contributed by atoms with van der Waals surface area (Å²) in [5.74, 6) is 2.60. The van der Waals surface area contributed by atoms with Crippen molar-refractivity contribution in [3.05, 3.63) is 32.1 Å². The quantitative estimate of drug-likeness (QED) is 0.284. The summed E-state index contributed by atoms with van der Waals surface area (Å²) in [6, 6.07) is 3.42. The van der Waals surface area contributed by atoms with Gasteiger partial charge in [0.1, 0.15) is 11.5 Å². The lowest BCUT2D eigenvalue weighted by Crippen LogP contribution is -2.00. The molecule has 2 rings (SSSR count). The molecule has 0 unspecified atom stereocenters. The monoisotopic (exact) mass is 472 g/mol. The molecular weight excluding hydrogens is 459 g/mol. The van der Waals surface area contributed by atoms with Gasteiger partial charge in [-0.15, -0.1) is 16.6 Å². The Labute approximate surface area is 161 Å². The number of halogens is 1. The lowest BCUT2D eigenvalue weighted by Gasteiger charge is -2.12. The van der Waals surface area contributed by atoms with E-state index >= 15 is 0 Å². The molecule has 130 valence electrons. The molecule has 0 aliphatic heterocycles. The predicted octanol–water partition coefficient (Wildman–Crippen LogP) is 3.22. The van der Waals surface area contributed by atoms with Crippen molar-refractivity contribution < 1.29 is 23.8 Å². The molecule has 0 aliphatic rings. The lowest BCUT2D eigenvalue weighted by atomic mass is 10.2. The number of benzene rings is 1. The van der Waals surface area contributed by atoms with Crippen molar-refractivity contribution in [3.8, 4) is 23.8 Å². The summed E-state index contributed by atoms with van der Waals surface area (Å²) in [7, 11) is 1.50. The minimum absolute atomic E-state index is 0.0267. The number of hydrogen-bond acceptors (Lipinski definition) is 7. The zero-order valence-electron chi connectivity index (χ0n) is 13.3. The van der Waals surface area contributed by atoms with Gasteiger partial charge in [0.25, 0.3) is 5.22 Å². The van der Waals surface area contributed by atoms with Crippen LogP contribution in [-0.4, -0.2) is 35.0 Å². The fourth-order valence-corrected chi connectivity index (χ4v) is 3.27. The number of carboxylic acids is 1. The van der Waals surface area contributed by atoms with Crippen molar-refractivity contribution in [2.75, 3.05) is 13.7 Å². The van der Waals surface area contributed by atoms with Crippen LogP contribution in [-0.2, 0) is 4.79 Å². The van der Waals surface area contributed by atoms with Crippen LogP contribution in [0.25, 0.3) is 6.08 Å². The third-order valence-electron chi connectivity index (χ3n) is 2.76. The summed E-state index contributed by atoms with van der Waals surface area (Å²) in [4.78, 5) is 11.5. The second-order valence-corrected chi connectivity index (χ2v) is 6.69. The third-order valence-corrected chi connectivity index (χ3v) is 4.42. The average molecular weight is 472 g/mol. The number of nitrogens with zero attached hydrogens (tertiary/aromatic N) is 2. The van der Waals surface area contributed by atoms with Crippen molar-refractivity contribution in [2.24, 2.45) is 0 Å². The number of ether oxygens (including phenoxy) is 2. The van der Waals surface area contributed by atoms with E-state index in [2.05, 4.69) is 38.7 Å². The Bertz CT molecular complexity index is 857. The number of rotatable bonds is 7. The van der Waals surface area contributed by atoms with Gasteiger partial charge >= 0.3 is 5.97 Å². The fraction of sp³-hybridized carbons (Fsp3) is 0.188. The smallest absolute Gasteiger partial charge is 0.342 e. The molecule has 0 amide bonds. The Hall–Kier alpha value is -2.19. The van der Waals surface area contributed by atoms with Crippen LogP contribution < -0.4 is 9.47 Å². The lowest BCUT2D eigenvalue weighted by molar-refractivity contribution is -0.131. The Morgan fingerprint density at radius 3 is 2.84 bits per heavy atom. The van der Waals surface area contributed by atoms with Gasteiger partial charge < -0.3 is 19.0 Å². The number of carboxylic acid groups (broad SMARTS) is 1. The number of thioether (sulfide) groups is 1. The zero-order chi connectivity index (χ0) is 18.4. The van der Waals surface area contributed by atoms with Crippen LogP contribution in [0.2, 0.25) is 0 Å². The molecule has 1 N–H and O–H groups in total. The van der Waals surface area contributed by atoms with Gasteiger partial charge in [-0.1, -0.05) is 5.92 Å². The molecule has 1 aromatic heterocycles. The largest absolute Gasteiger partial charge is 0.493 e. The Kier molecular flexibility index (Phi) is 6.72. The van der Waals surface area contributed by atoms with Crippen molar-refractivity contribution in [1.82, 2.24) is 10.2 Å². The van der Waals surface area contributed by atoms with Crippen LogP contribution >= 0.6 is 34.4 Å². The molecule has 0 spiro atoms. The van der Waals surface area contributed by atoms with Gasteiger partial charge in [-0.25, -0.2) is 4.79 Å². The van der Waals surface area contributed by atoms with Gasteiger partial charge in [-0.3, -0.25) is 0 Å². The van der Waals surface area contributed by atoms with Crippen LogP contribution in [0.5, 0.6) is 11.5 Å². The van der Waals surface area contributed by atoms with Crippen LogP contribution in [0.3, 0.4) is 0 Å². The summed E-state index contributed by atoms with van der Waals surface area (Å²) >= 11 is 2.94. The molecule has 1 aromatic carbocycles. The highest BCUT2D eigenvalue weighted by Gasteiger charge is 2.16. The normalized spacial score (nSPS) is 11.0. The van der Waals surface area contributed by atoms with E-state index in [0.29, 0.717) is 23.0 Å². The molecule has 0 atom stereocenters. The second kappa shape index (κ2) is 8.77. The standard InChI is InChI=1S/C16H13IN2O5S/c1-4-5-23-14-11(17)6-10(7-12(14)22-3)8-13(15(20)21)25-16-19-18-9(2)24-16/h1,6-8H,5H2,2-3H3,(H,20,21)/b13-8-. The molecule has 0 saturated heterocycles. The molecule has 0 radical (unpaired) electrons. The van der Waals surface area contributed by atoms with Gasteiger partial charge in [0, 0.05) is 6.92 Å². The van der Waals surface area contributed by atoms with E-state index < -0.39 is 5.97 Å². The summed E-state index contributed by atoms with van der Waals surface area (Å²) in [5, 5.41) is 17.0. The summed E-state index contributed by atoms with van der Waals surface area (Å²) in [6.07, 6.45) is 6.69. The maximum atomic E-state index is 11.5. The minimum atomic E-state index is -1.11.